The maximum absolute atomic E-state index is 11.1. The average Bonchev–Trinajstić information content (AvgIpc) is 2.63. The van der Waals surface area contributed by atoms with Crippen LogP contribution in [0.3, 0.4) is 0 Å². The number of hydrogen-bond donors (Lipinski definition) is 0. The van der Waals surface area contributed by atoms with E-state index in [1.165, 1.54) is 19.3 Å². The number of Topliss-reactive ketones (excluding diaryl/α,β-unsaturated/α-hetero) is 1. The fourth-order valence-corrected chi connectivity index (χ4v) is 1.71. The number of ether oxygens (including phenoxy) is 1. The third kappa shape index (κ3) is 7.11. The summed E-state index contributed by atoms with van der Waals surface area (Å²) < 4.78 is 4.15. The Morgan fingerprint density at radius 2 is 2.20 bits per heavy atom. The monoisotopic (exact) mass is 214 g/mol. The number of ketones is 1. The van der Waals surface area contributed by atoms with Gasteiger partial charge in [-0.1, -0.05) is 19.8 Å². The summed E-state index contributed by atoms with van der Waals surface area (Å²) in [5, 5.41) is 0. The van der Waals surface area contributed by atoms with Gasteiger partial charge in [0.2, 0.25) is 0 Å². The van der Waals surface area contributed by atoms with E-state index in [4.69, 9.17) is 0 Å². The molecule has 1 fully saturated rings. The highest BCUT2D eigenvalue weighted by molar-refractivity contribution is 5.82. The maximum atomic E-state index is 11.1. The Balaban J connectivity index is 0.000000336. The van der Waals surface area contributed by atoms with Crippen molar-refractivity contribution in [3.8, 4) is 0 Å². The lowest BCUT2D eigenvalue weighted by molar-refractivity contribution is -0.128. The number of rotatable bonds is 5. The highest BCUT2D eigenvalue weighted by Crippen LogP contribution is 2.25. The Kier molecular flexibility index (Phi) is 9.13. The Bertz CT molecular complexity index is 178. The topological polar surface area (TPSA) is 43.4 Å². The van der Waals surface area contributed by atoms with Gasteiger partial charge < -0.3 is 4.74 Å². The third-order valence-corrected chi connectivity index (χ3v) is 2.57. The smallest absolute Gasteiger partial charge is 0.293 e. The van der Waals surface area contributed by atoms with Crippen molar-refractivity contribution < 1.29 is 14.3 Å². The molecule has 1 aliphatic rings. The molecule has 0 saturated heterocycles. The zero-order valence-corrected chi connectivity index (χ0v) is 9.83. The van der Waals surface area contributed by atoms with Gasteiger partial charge in [0.1, 0.15) is 5.78 Å². The van der Waals surface area contributed by atoms with Gasteiger partial charge in [0.25, 0.3) is 6.47 Å². The fraction of sp³-hybridized carbons (Fsp3) is 0.833. The van der Waals surface area contributed by atoms with Crippen molar-refractivity contribution in [3.63, 3.8) is 0 Å². The van der Waals surface area contributed by atoms with Crippen molar-refractivity contribution in [2.75, 3.05) is 6.61 Å². The largest absolute Gasteiger partial charge is 0.468 e. The number of carbonyl (C=O) groups excluding carboxylic acids is 2. The molecule has 1 unspecified atom stereocenters. The second-order valence-corrected chi connectivity index (χ2v) is 3.75. The second kappa shape index (κ2) is 9.69. The molecule has 3 nitrogen and oxygen atoms in total. The van der Waals surface area contributed by atoms with Crippen LogP contribution in [0.25, 0.3) is 0 Å². The van der Waals surface area contributed by atoms with Crippen LogP contribution in [-0.4, -0.2) is 18.9 Å². The Labute approximate surface area is 92.2 Å². The minimum absolute atomic E-state index is 0.431. The lowest BCUT2D eigenvalue weighted by Gasteiger charge is -2.04. The fourth-order valence-electron chi connectivity index (χ4n) is 1.71. The van der Waals surface area contributed by atoms with E-state index in [1.54, 1.807) is 6.92 Å². The van der Waals surface area contributed by atoms with Gasteiger partial charge in [-0.25, -0.2) is 0 Å². The van der Waals surface area contributed by atoms with Crippen LogP contribution < -0.4 is 0 Å². The third-order valence-electron chi connectivity index (χ3n) is 2.57. The summed E-state index contributed by atoms with van der Waals surface area (Å²) in [6.07, 6.45) is 6.77. The van der Waals surface area contributed by atoms with Gasteiger partial charge in [0.15, 0.2) is 0 Å². The van der Waals surface area contributed by atoms with Crippen LogP contribution >= 0.6 is 0 Å². The summed E-state index contributed by atoms with van der Waals surface area (Å²) in [7, 11) is 0. The van der Waals surface area contributed by atoms with Gasteiger partial charge in [-0.15, -0.1) is 0 Å². The molecule has 0 N–H and O–H groups in total. The zero-order chi connectivity index (χ0) is 11.5. The summed E-state index contributed by atoms with van der Waals surface area (Å²) in [6, 6.07) is 0. The molecule has 0 bridgehead atoms. The summed E-state index contributed by atoms with van der Waals surface area (Å²) in [5.41, 5.74) is 0. The van der Waals surface area contributed by atoms with E-state index in [9.17, 15) is 9.59 Å². The van der Waals surface area contributed by atoms with Crippen LogP contribution in [0.2, 0.25) is 0 Å². The molecule has 1 atom stereocenters. The molecule has 0 aliphatic heterocycles. The summed E-state index contributed by atoms with van der Waals surface area (Å²) >= 11 is 0. The average molecular weight is 214 g/mol. The molecule has 0 heterocycles. The lowest BCUT2D eigenvalue weighted by atomic mass is 10.0. The van der Waals surface area contributed by atoms with Gasteiger partial charge in [-0.05, 0) is 26.2 Å². The molecule has 15 heavy (non-hydrogen) atoms. The van der Waals surface area contributed by atoms with Gasteiger partial charge in [-0.2, -0.15) is 0 Å². The van der Waals surface area contributed by atoms with Crippen LogP contribution in [0.5, 0.6) is 0 Å². The van der Waals surface area contributed by atoms with E-state index in [-0.39, 0.29) is 0 Å². The summed E-state index contributed by atoms with van der Waals surface area (Å²) in [4.78, 5) is 20.3. The van der Waals surface area contributed by atoms with E-state index in [0.29, 0.717) is 24.8 Å². The molecule has 0 aromatic heterocycles. The van der Waals surface area contributed by atoms with Crippen molar-refractivity contribution in [1.29, 1.82) is 0 Å². The Morgan fingerprint density at radius 1 is 1.47 bits per heavy atom. The molecule has 88 valence electrons. The molecule has 0 spiro atoms. The molecule has 1 aliphatic carbocycles. The highest BCUT2D eigenvalue weighted by atomic mass is 16.5. The van der Waals surface area contributed by atoms with Crippen molar-refractivity contribution in [1.82, 2.24) is 0 Å². The first-order valence-electron chi connectivity index (χ1n) is 5.84. The molecule has 0 radical (unpaired) electrons. The van der Waals surface area contributed by atoms with Crippen molar-refractivity contribution >= 4 is 12.3 Å². The summed E-state index contributed by atoms with van der Waals surface area (Å²) in [6.45, 7) is 4.84. The van der Waals surface area contributed by atoms with E-state index >= 15 is 0 Å². The lowest BCUT2D eigenvalue weighted by Crippen LogP contribution is -2.05. The molecule has 3 heteroatoms. The first kappa shape index (κ1) is 14.1. The maximum Gasteiger partial charge on any atom is 0.293 e. The SMILES string of the molecule is CCCCC1CCCC1=O.CCOC=O. The summed E-state index contributed by atoms with van der Waals surface area (Å²) in [5.74, 6) is 0.966. The van der Waals surface area contributed by atoms with Crippen LogP contribution in [0.15, 0.2) is 0 Å². The van der Waals surface area contributed by atoms with Crippen LogP contribution in [0, 0.1) is 5.92 Å². The van der Waals surface area contributed by atoms with Gasteiger partial charge in [0, 0.05) is 12.3 Å². The Morgan fingerprint density at radius 3 is 2.53 bits per heavy atom. The van der Waals surface area contributed by atoms with Crippen LogP contribution in [0.4, 0.5) is 0 Å². The molecule has 1 rings (SSSR count). The minimum atomic E-state index is 0.431. The van der Waals surface area contributed by atoms with Gasteiger partial charge >= 0.3 is 0 Å². The quantitative estimate of drug-likeness (QED) is 0.661. The zero-order valence-electron chi connectivity index (χ0n) is 9.83. The highest BCUT2D eigenvalue weighted by Gasteiger charge is 2.22. The van der Waals surface area contributed by atoms with Crippen molar-refractivity contribution in [2.45, 2.75) is 52.4 Å². The van der Waals surface area contributed by atoms with Crippen molar-refractivity contribution in [3.05, 3.63) is 0 Å². The van der Waals surface area contributed by atoms with E-state index in [1.807, 2.05) is 0 Å². The predicted molar refractivity (Wildman–Crippen MR) is 59.6 cm³/mol. The molecule has 1 saturated carbocycles. The normalized spacial score (nSPS) is 19.3. The standard InChI is InChI=1S/C9H16O.C3H6O2/c1-2-3-5-8-6-4-7-9(8)10;1-2-5-3-4/h8H,2-7H2,1H3;3H,2H2,1H3. The van der Waals surface area contributed by atoms with E-state index < -0.39 is 0 Å². The molecule has 0 aromatic carbocycles. The van der Waals surface area contributed by atoms with E-state index in [2.05, 4.69) is 11.7 Å². The first-order valence-corrected chi connectivity index (χ1v) is 5.84. The van der Waals surface area contributed by atoms with Crippen LogP contribution in [0.1, 0.15) is 52.4 Å². The predicted octanol–water partition coefficient (Wildman–Crippen LogP) is 2.73. The number of hydrogen-bond acceptors (Lipinski definition) is 3. The molecular weight excluding hydrogens is 192 g/mol. The van der Waals surface area contributed by atoms with Crippen molar-refractivity contribution in [2.24, 2.45) is 5.92 Å². The number of carbonyl (C=O) groups is 2. The second-order valence-electron chi connectivity index (χ2n) is 3.75. The van der Waals surface area contributed by atoms with Gasteiger partial charge in [-0.3, -0.25) is 9.59 Å². The molecular formula is C12H22O3. The molecule has 0 aromatic rings. The first-order chi connectivity index (χ1) is 7.26. The molecule has 0 amide bonds. The van der Waals surface area contributed by atoms with E-state index in [0.717, 1.165) is 19.3 Å². The van der Waals surface area contributed by atoms with Gasteiger partial charge in [0.05, 0.1) is 6.61 Å². The van der Waals surface area contributed by atoms with Crippen LogP contribution in [-0.2, 0) is 14.3 Å². The Hall–Kier alpha value is -0.860. The number of unbranched alkanes of at least 4 members (excludes halogenated alkanes) is 1. The minimum Gasteiger partial charge on any atom is -0.468 e.